The number of anilines is 1. The standard InChI is InChI=1S/C21H19N3O2S2/c1-13-8-9-16-18(11-13)28-21(23-16)24(12-14-5-4-10-26-14)20(25)19-22-15-6-2-3-7-17(15)27-19/h2-3,6-9,11,14H,4-5,10,12H2,1H3. The Morgan fingerprint density at radius 2 is 2.00 bits per heavy atom. The van der Waals surface area contributed by atoms with Crippen LogP contribution in [0.5, 0.6) is 0 Å². The summed E-state index contributed by atoms with van der Waals surface area (Å²) in [6.07, 6.45) is 2.05. The number of thiazole rings is 2. The molecule has 0 radical (unpaired) electrons. The molecule has 142 valence electrons. The van der Waals surface area contributed by atoms with E-state index >= 15 is 0 Å². The second-order valence-electron chi connectivity index (χ2n) is 7.01. The first-order valence-electron chi connectivity index (χ1n) is 9.33. The van der Waals surface area contributed by atoms with Crippen LogP contribution in [0.15, 0.2) is 42.5 Å². The highest BCUT2D eigenvalue weighted by Crippen LogP contribution is 2.32. The molecule has 0 spiro atoms. The summed E-state index contributed by atoms with van der Waals surface area (Å²) < 4.78 is 7.91. The summed E-state index contributed by atoms with van der Waals surface area (Å²) in [5, 5.41) is 1.20. The van der Waals surface area contributed by atoms with Gasteiger partial charge in [-0.05, 0) is 49.6 Å². The Kier molecular flexibility index (Phi) is 4.58. The number of rotatable bonds is 4. The minimum Gasteiger partial charge on any atom is -0.376 e. The third-order valence-corrected chi connectivity index (χ3v) is 6.96. The lowest BCUT2D eigenvalue weighted by atomic mass is 10.2. The molecular formula is C21H19N3O2S2. The molecule has 4 aromatic rings. The van der Waals surface area contributed by atoms with Gasteiger partial charge in [0.05, 0.1) is 33.1 Å². The Morgan fingerprint density at radius 1 is 1.14 bits per heavy atom. The minimum absolute atomic E-state index is 0.0482. The normalized spacial score (nSPS) is 16.8. The van der Waals surface area contributed by atoms with Gasteiger partial charge in [-0.3, -0.25) is 9.69 Å². The van der Waals surface area contributed by atoms with Gasteiger partial charge in [0.15, 0.2) is 10.1 Å². The molecule has 1 amide bonds. The number of carbonyl (C=O) groups excluding carboxylic acids is 1. The lowest BCUT2D eigenvalue weighted by molar-refractivity contribution is 0.0917. The van der Waals surface area contributed by atoms with E-state index in [0.29, 0.717) is 16.7 Å². The van der Waals surface area contributed by atoms with Crippen molar-refractivity contribution in [2.24, 2.45) is 0 Å². The van der Waals surface area contributed by atoms with Crippen molar-refractivity contribution in [2.75, 3.05) is 18.1 Å². The van der Waals surface area contributed by atoms with E-state index in [4.69, 9.17) is 9.72 Å². The summed E-state index contributed by atoms with van der Waals surface area (Å²) in [6.45, 7) is 3.33. The highest BCUT2D eigenvalue weighted by Gasteiger charge is 2.28. The van der Waals surface area contributed by atoms with E-state index in [1.807, 2.05) is 36.4 Å². The molecule has 2 aromatic heterocycles. The van der Waals surface area contributed by atoms with Crippen molar-refractivity contribution >= 4 is 54.1 Å². The number of nitrogens with zero attached hydrogens (tertiary/aromatic N) is 3. The summed E-state index contributed by atoms with van der Waals surface area (Å²) in [4.78, 5) is 24.5. The number of fused-ring (bicyclic) bond motifs is 2. The largest absolute Gasteiger partial charge is 0.376 e. The Bertz CT molecular complexity index is 1130. The molecule has 0 aliphatic carbocycles. The van der Waals surface area contributed by atoms with Gasteiger partial charge in [-0.25, -0.2) is 9.97 Å². The number of aryl methyl sites for hydroxylation is 1. The van der Waals surface area contributed by atoms with Gasteiger partial charge in [0.1, 0.15) is 0 Å². The first-order valence-corrected chi connectivity index (χ1v) is 11.0. The number of hydrogen-bond acceptors (Lipinski definition) is 6. The maximum atomic E-state index is 13.4. The number of benzene rings is 2. The van der Waals surface area contributed by atoms with Crippen molar-refractivity contribution in [3.63, 3.8) is 0 Å². The van der Waals surface area contributed by atoms with E-state index in [1.165, 1.54) is 16.9 Å². The van der Waals surface area contributed by atoms with Gasteiger partial charge in [0.25, 0.3) is 5.91 Å². The molecule has 1 aliphatic rings. The second kappa shape index (κ2) is 7.24. The van der Waals surface area contributed by atoms with E-state index in [9.17, 15) is 4.79 Å². The third kappa shape index (κ3) is 3.30. The smallest absolute Gasteiger partial charge is 0.289 e. The zero-order valence-electron chi connectivity index (χ0n) is 15.4. The van der Waals surface area contributed by atoms with Gasteiger partial charge in [-0.2, -0.15) is 0 Å². The average molecular weight is 410 g/mol. The van der Waals surface area contributed by atoms with Crippen LogP contribution in [0.25, 0.3) is 20.4 Å². The molecule has 5 nitrogen and oxygen atoms in total. The van der Waals surface area contributed by atoms with E-state index in [1.54, 1.807) is 16.2 Å². The van der Waals surface area contributed by atoms with Crippen LogP contribution in [0.4, 0.5) is 5.13 Å². The third-order valence-electron chi connectivity index (χ3n) is 4.90. The Hall–Kier alpha value is -2.35. The molecule has 0 N–H and O–H groups in total. The fraction of sp³-hybridized carbons (Fsp3) is 0.286. The molecule has 1 fully saturated rings. The molecule has 5 rings (SSSR count). The number of carbonyl (C=O) groups is 1. The summed E-state index contributed by atoms with van der Waals surface area (Å²) >= 11 is 2.98. The van der Waals surface area contributed by atoms with Crippen molar-refractivity contribution in [3.8, 4) is 0 Å². The number of aromatic nitrogens is 2. The lowest BCUT2D eigenvalue weighted by Gasteiger charge is -2.22. The molecule has 1 saturated heterocycles. The van der Waals surface area contributed by atoms with E-state index < -0.39 is 0 Å². The van der Waals surface area contributed by atoms with E-state index in [-0.39, 0.29) is 12.0 Å². The van der Waals surface area contributed by atoms with Crippen LogP contribution < -0.4 is 4.90 Å². The summed E-state index contributed by atoms with van der Waals surface area (Å²) in [5.74, 6) is -0.104. The van der Waals surface area contributed by atoms with Crippen LogP contribution in [-0.2, 0) is 4.74 Å². The van der Waals surface area contributed by atoms with Gasteiger partial charge >= 0.3 is 0 Å². The van der Waals surface area contributed by atoms with Gasteiger partial charge in [0, 0.05) is 6.61 Å². The number of amides is 1. The molecule has 1 unspecified atom stereocenters. The molecule has 0 bridgehead atoms. The maximum Gasteiger partial charge on any atom is 0.289 e. The summed E-state index contributed by atoms with van der Waals surface area (Å²) in [6, 6.07) is 14.0. The van der Waals surface area contributed by atoms with Gasteiger partial charge in [0.2, 0.25) is 0 Å². The maximum absolute atomic E-state index is 13.4. The molecule has 28 heavy (non-hydrogen) atoms. The van der Waals surface area contributed by atoms with Crippen LogP contribution in [0.3, 0.4) is 0 Å². The lowest BCUT2D eigenvalue weighted by Crippen LogP contribution is -2.37. The van der Waals surface area contributed by atoms with Crippen LogP contribution in [0.1, 0.15) is 28.2 Å². The summed E-state index contributed by atoms with van der Waals surface area (Å²) in [5.41, 5.74) is 2.96. The summed E-state index contributed by atoms with van der Waals surface area (Å²) in [7, 11) is 0. The first kappa shape index (κ1) is 17.7. The fourth-order valence-electron chi connectivity index (χ4n) is 3.45. The second-order valence-corrected chi connectivity index (χ2v) is 9.04. The minimum atomic E-state index is -0.104. The van der Waals surface area contributed by atoms with E-state index in [2.05, 4.69) is 18.0 Å². The van der Waals surface area contributed by atoms with Crippen molar-refractivity contribution in [3.05, 3.63) is 53.0 Å². The Morgan fingerprint density at radius 3 is 2.82 bits per heavy atom. The van der Waals surface area contributed by atoms with E-state index in [0.717, 1.165) is 39.9 Å². The fourth-order valence-corrected chi connectivity index (χ4v) is 5.44. The average Bonchev–Trinajstić information content (AvgIpc) is 3.43. The monoisotopic (exact) mass is 409 g/mol. The van der Waals surface area contributed by atoms with Crippen LogP contribution in [0.2, 0.25) is 0 Å². The molecule has 7 heteroatoms. The van der Waals surface area contributed by atoms with Crippen LogP contribution in [0, 0.1) is 6.92 Å². The number of ether oxygens (including phenoxy) is 1. The van der Waals surface area contributed by atoms with Gasteiger partial charge in [-0.15, -0.1) is 11.3 Å². The molecule has 1 aliphatic heterocycles. The van der Waals surface area contributed by atoms with Crippen LogP contribution in [-0.4, -0.2) is 35.1 Å². The molecule has 3 heterocycles. The Labute approximate surface area is 170 Å². The number of para-hydroxylation sites is 1. The van der Waals surface area contributed by atoms with Crippen molar-refractivity contribution in [2.45, 2.75) is 25.9 Å². The number of hydrogen-bond donors (Lipinski definition) is 0. The first-order chi connectivity index (χ1) is 13.7. The zero-order valence-corrected chi connectivity index (χ0v) is 17.1. The quantitative estimate of drug-likeness (QED) is 0.474. The van der Waals surface area contributed by atoms with Gasteiger partial charge < -0.3 is 4.74 Å². The zero-order chi connectivity index (χ0) is 19.1. The molecule has 0 saturated carbocycles. The molecule has 2 aromatic carbocycles. The van der Waals surface area contributed by atoms with Crippen molar-refractivity contribution in [1.82, 2.24) is 9.97 Å². The van der Waals surface area contributed by atoms with Crippen molar-refractivity contribution in [1.29, 1.82) is 0 Å². The highest BCUT2D eigenvalue weighted by molar-refractivity contribution is 7.23. The predicted octanol–water partition coefficient (Wildman–Crippen LogP) is 5.04. The SMILES string of the molecule is Cc1ccc2nc(N(CC3CCCO3)C(=O)c3nc4ccccc4s3)sc2c1. The topological polar surface area (TPSA) is 55.3 Å². The van der Waals surface area contributed by atoms with Gasteiger partial charge in [-0.1, -0.05) is 29.5 Å². The molecular weight excluding hydrogens is 390 g/mol. The predicted molar refractivity (Wildman–Crippen MR) is 115 cm³/mol. The van der Waals surface area contributed by atoms with Crippen molar-refractivity contribution < 1.29 is 9.53 Å². The highest BCUT2D eigenvalue weighted by atomic mass is 32.1. The van der Waals surface area contributed by atoms with Crippen LogP contribution >= 0.6 is 22.7 Å². The Balaban J connectivity index is 1.55. The molecule has 1 atom stereocenters.